The molecular weight excluding hydrogens is 402 g/mol. The molecule has 0 heterocycles. The second-order valence-electron chi connectivity index (χ2n) is 6.16. The van der Waals surface area contributed by atoms with E-state index < -0.39 is 16.6 Å². The average Bonchev–Trinajstić information content (AvgIpc) is 2.69. The van der Waals surface area contributed by atoms with Crippen LogP contribution in [0.1, 0.15) is 11.1 Å². The first kappa shape index (κ1) is 22.6. The highest BCUT2D eigenvalue weighted by Crippen LogP contribution is 2.20. The summed E-state index contributed by atoms with van der Waals surface area (Å²) < 4.78 is 55.7. The SMILES string of the molecule is CN=C(NCc1ccccc1OC(F)F)NCc1ccccc1S(=O)(=O)N(C)C. The Morgan fingerprint density at radius 3 is 2.17 bits per heavy atom. The minimum absolute atomic E-state index is 0.0767. The highest BCUT2D eigenvalue weighted by atomic mass is 32.2. The molecule has 0 fully saturated rings. The molecule has 2 aromatic rings. The van der Waals surface area contributed by atoms with Gasteiger partial charge in [-0.25, -0.2) is 12.7 Å². The van der Waals surface area contributed by atoms with Gasteiger partial charge in [-0.3, -0.25) is 4.99 Å². The van der Waals surface area contributed by atoms with Crippen LogP contribution in [0.2, 0.25) is 0 Å². The Bertz CT molecular complexity index is 950. The zero-order chi connectivity index (χ0) is 21.4. The third-order valence-corrected chi connectivity index (χ3v) is 5.95. The highest BCUT2D eigenvalue weighted by Gasteiger charge is 2.20. The number of sulfonamides is 1. The van der Waals surface area contributed by atoms with Gasteiger partial charge < -0.3 is 15.4 Å². The van der Waals surface area contributed by atoms with Crippen molar-refractivity contribution in [2.24, 2.45) is 4.99 Å². The van der Waals surface area contributed by atoms with E-state index >= 15 is 0 Å². The van der Waals surface area contributed by atoms with Gasteiger partial charge in [-0.1, -0.05) is 36.4 Å². The fraction of sp³-hybridized carbons (Fsp3) is 0.316. The van der Waals surface area contributed by atoms with Gasteiger partial charge in [0, 0.05) is 39.8 Å². The van der Waals surface area contributed by atoms with Gasteiger partial charge in [-0.15, -0.1) is 0 Å². The Morgan fingerprint density at radius 1 is 1.03 bits per heavy atom. The molecule has 29 heavy (non-hydrogen) atoms. The molecule has 2 aromatic carbocycles. The summed E-state index contributed by atoms with van der Waals surface area (Å²) in [4.78, 5) is 4.28. The van der Waals surface area contributed by atoms with Crippen LogP contribution in [0.4, 0.5) is 8.78 Å². The molecule has 0 aliphatic carbocycles. The molecule has 158 valence electrons. The van der Waals surface area contributed by atoms with Crippen LogP contribution in [0.15, 0.2) is 58.4 Å². The molecule has 0 saturated heterocycles. The third kappa shape index (κ3) is 6.13. The number of alkyl halides is 2. The van der Waals surface area contributed by atoms with Crippen molar-refractivity contribution < 1.29 is 21.9 Å². The summed E-state index contributed by atoms with van der Waals surface area (Å²) >= 11 is 0. The Morgan fingerprint density at radius 2 is 1.59 bits per heavy atom. The first-order valence-corrected chi connectivity index (χ1v) is 10.2. The number of halogens is 2. The molecule has 7 nitrogen and oxygen atoms in total. The number of hydrogen-bond acceptors (Lipinski definition) is 4. The minimum Gasteiger partial charge on any atom is -0.434 e. The number of nitrogens with zero attached hydrogens (tertiary/aromatic N) is 2. The first-order valence-electron chi connectivity index (χ1n) is 8.73. The predicted molar refractivity (Wildman–Crippen MR) is 107 cm³/mol. The van der Waals surface area contributed by atoms with Crippen LogP contribution in [0.3, 0.4) is 0 Å². The van der Waals surface area contributed by atoms with Crippen molar-refractivity contribution in [1.82, 2.24) is 14.9 Å². The van der Waals surface area contributed by atoms with Gasteiger partial charge in [0.25, 0.3) is 0 Å². The van der Waals surface area contributed by atoms with Crippen molar-refractivity contribution in [2.75, 3.05) is 21.1 Å². The van der Waals surface area contributed by atoms with Crippen LogP contribution in [-0.2, 0) is 23.1 Å². The van der Waals surface area contributed by atoms with E-state index in [1.807, 2.05) is 0 Å². The summed E-state index contributed by atoms with van der Waals surface area (Å²) in [6.07, 6.45) is 0. The zero-order valence-corrected chi connectivity index (χ0v) is 17.2. The molecule has 10 heteroatoms. The molecule has 2 rings (SSSR count). The normalized spacial score (nSPS) is 12.3. The standard InChI is InChI=1S/C19H24F2N4O3S/c1-22-19(23-12-14-8-4-6-10-16(14)28-18(20)21)24-13-15-9-5-7-11-17(15)29(26,27)25(2)3/h4-11,18H,12-13H2,1-3H3,(H2,22,23,24). The number of guanidine groups is 1. The lowest BCUT2D eigenvalue weighted by molar-refractivity contribution is -0.0504. The van der Waals surface area contributed by atoms with E-state index in [-0.39, 0.29) is 23.7 Å². The summed E-state index contributed by atoms with van der Waals surface area (Å²) in [5.41, 5.74) is 1.11. The molecule has 0 unspecified atom stereocenters. The number of ether oxygens (including phenoxy) is 1. The van der Waals surface area contributed by atoms with Crippen molar-refractivity contribution in [2.45, 2.75) is 24.6 Å². The van der Waals surface area contributed by atoms with Gasteiger partial charge in [0.05, 0.1) is 4.90 Å². The Labute approximate surface area is 169 Å². The number of rotatable bonds is 8. The van der Waals surface area contributed by atoms with Gasteiger partial charge in [0.15, 0.2) is 5.96 Å². The van der Waals surface area contributed by atoms with E-state index in [0.29, 0.717) is 17.1 Å². The molecule has 0 amide bonds. The fourth-order valence-corrected chi connectivity index (χ4v) is 3.65. The zero-order valence-electron chi connectivity index (χ0n) is 16.4. The summed E-state index contributed by atoms with van der Waals surface area (Å²) in [5.74, 6) is 0.460. The smallest absolute Gasteiger partial charge is 0.387 e. The minimum atomic E-state index is -3.59. The average molecular weight is 426 g/mol. The van der Waals surface area contributed by atoms with Crippen LogP contribution in [0.5, 0.6) is 5.75 Å². The summed E-state index contributed by atoms with van der Waals surface area (Å²) in [6.45, 7) is -2.51. The summed E-state index contributed by atoms with van der Waals surface area (Å²) in [5, 5.41) is 6.04. The molecular formula is C19H24F2N4O3S. The van der Waals surface area contributed by atoms with E-state index in [0.717, 1.165) is 4.31 Å². The number of benzene rings is 2. The van der Waals surface area contributed by atoms with E-state index in [2.05, 4.69) is 20.4 Å². The number of para-hydroxylation sites is 1. The maximum absolute atomic E-state index is 12.5. The lowest BCUT2D eigenvalue weighted by atomic mass is 10.2. The molecule has 0 aromatic heterocycles. The van der Waals surface area contributed by atoms with Gasteiger partial charge in [0.1, 0.15) is 5.75 Å². The maximum Gasteiger partial charge on any atom is 0.387 e. The molecule has 0 radical (unpaired) electrons. The quantitative estimate of drug-likeness (QED) is 0.500. The molecule has 0 atom stereocenters. The van der Waals surface area contributed by atoms with Crippen LogP contribution < -0.4 is 15.4 Å². The van der Waals surface area contributed by atoms with Crippen LogP contribution in [0, 0.1) is 0 Å². The Kier molecular flexibility index (Phi) is 7.91. The van der Waals surface area contributed by atoms with Crippen molar-refractivity contribution in [3.05, 3.63) is 59.7 Å². The largest absolute Gasteiger partial charge is 0.434 e. The van der Waals surface area contributed by atoms with E-state index in [9.17, 15) is 17.2 Å². The van der Waals surface area contributed by atoms with Crippen molar-refractivity contribution in [3.63, 3.8) is 0 Å². The van der Waals surface area contributed by atoms with Gasteiger partial charge in [-0.05, 0) is 17.7 Å². The monoisotopic (exact) mass is 426 g/mol. The van der Waals surface area contributed by atoms with Gasteiger partial charge >= 0.3 is 6.61 Å². The lowest BCUT2D eigenvalue weighted by Gasteiger charge is -2.17. The van der Waals surface area contributed by atoms with E-state index in [4.69, 9.17) is 0 Å². The van der Waals surface area contributed by atoms with Crippen molar-refractivity contribution in [3.8, 4) is 5.75 Å². The number of nitrogens with one attached hydrogen (secondary N) is 2. The second kappa shape index (κ2) is 10.2. The predicted octanol–water partition coefficient (Wildman–Crippen LogP) is 2.40. The molecule has 0 aliphatic heterocycles. The van der Waals surface area contributed by atoms with Crippen LogP contribution in [-0.4, -0.2) is 46.4 Å². The van der Waals surface area contributed by atoms with E-state index in [1.54, 1.807) is 49.5 Å². The van der Waals surface area contributed by atoms with Crippen LogP contribution >= 0.6 is 0 Å². The maximum atomic E-state index is 12.5. The Balaban J connectivity index is 2.07. The molecule has 0 saturated carbocycles. The lowest BCUT2D eigenvalue weighted by Crippen LogP contribution is -2.37. The molecule has 0 bridgehead atoms. The van der Waals surface area contributed by atoms with E-state index in [1.165, 1.54) is 20.2 Å². The third-order valence-electron chi connectivity index (χ3n) is 4.04. The molecule has 2 N–H and O–H groups in total. The summed E-state index contributed by atoms with van der Waals surface area (Å²) in [6, 6.07) is 13.1. The Hall–Kier alpha value is -2.72. The number of hydrogen-bond donors (Lipinski definition) is 2. The highest BCUT2D eigenvalue weighted by molar-refractivity contribution is 7.89. The number of aliphatic imine (C=N–C) groups is 1. The summed E-state index contributed by atoms with van der Waals surface area (Å²) in [7, 11) is 0.908. The van der Waals surface area contributed by atoms with Gasteiger partial charge in [-0.2, -0.15) is 8.78 Å². The topological polar surface area (TPSA) is 83.0 Å². The molecule has 0 spiro atoms. The van der Waals surface area contributed by atoms with Crippen molar-refractivity contribution >= 4 is 16.0 Å². The first-order chi connectivity index (χ1) is 13.8. The van der Waals surface area contributed by atoms with Crippen molar-refractivity contribution in [1.29, 1.82) is 0 Å². The second-order valence-corrected chi connectivity index (χ2v) is 8.28. The fourth-order valence-electron chi connectivity index (χ4n) is 2.54. The van der Waals surface area contributed by atoms with Gasteiger partial charge in [0.2, 0.25) is 10.0 Å². The molecule has 0 aliphatic rings. The van der Waals surface area contributed by atoms with Crippen LogP contribution in [0.25, 0.3) is 0 Å².